The lowest BCUT2D eigenvalue weighted by molar-refractivity contribution is -0.135. The Morgan fingerprint density at radius 3 is 2.75 bits per heavy atom. The fraction of sp³-hybridized carbons (Fsp3) is 0.400. The van der Waals surface area contributed by atoms with Crippen molar-refractivity contribution in [2.24, 2.45) is 0 Å². The van der Waals surface area contributed by atoms with Crippen molar-refractivity contribution in [3.63, 3.8) is 0 Å². The van der Waals surface area contributed by atoms with Crippen LogP contribution in [-0.2, 0) is 20.9 Å². The molecule has 0 saturated carbocycles. The zero-order chi connectivity index (χ0) is 20.1. The lowest BCUT2D eigenvalue weighted by atomic mass is 9.91. The molecule has 1 atom stereocenters. The van der Waals surface area contributed by atoms with Crippen LogP contribution >= 0.6 is 11.6 Å². The number of hydrogen-bond donors (Lipinski definition) is 1. The van der Waals surface area contributed by atoms with Crippen molar-refractivity contribution in [3.8, 4) is 5.75 Å². The second-order valence-corrected chi connectivity index (χ2v) is 6.96. The normalized spacial score (nSPS) is 15.4. The fourth-order valence-electron chi connectivity index (χ4n) is 3.21. The summed E-state index contributed by atoms with van der Waals surface area (Å²) in [5.74, 6) is -1.000. The molecule has 8 heteroatoms. The van der Waals surface area contributed by atoms with E-state index in [-0.39, 0.29) is 30.5 Å². The average molecular weight is 408 g/mol. The van der Waals surface area contributed by atoms with Crippen LogP contribution in [0, 0.1) is 0 Å². The van der Waals surface area contributed by atoms with Crippen LogP contribution in [0.15, 0.2) is 39.5 Å². The topological polar surface area (TPSA) is 89.2 Å². The van der Waals surface area contributed by atoms with Gasteiger partial charge < -0.3 is 23.9 Å². The maximum Gasteiger partial charge on any atom is 0.227 e. The minimum atomic E-state index is -0.668. The zero-order valence-corrected chi connectivity index (χ0v) is 16.3. The monoisotopic (exact) mass is 407 g/mol. The van der Waals surface area contributed by atoms with Crippen molar-refractivity contribution in [1.29, 1.82) is 0 Å². The average Bonchev–Trinajstić information content (AvgIpc) is 2.69. The van der Waals surface area contributed by atoms with Gasteiger partial charge in [0.15, 0.2) is 5.76 Å². The van der Waals surface area contributed by atoms with E-state index >= 15 is 0 Å². The van der Waals surface area contributed by atoms with Crippen molar-refractivity contribution < 1.29 is 23.8 Å². The van der Waals surface area contributed by atoms with Gasteiger partial charge in [-0.25, -0.2) is 0 Å². The lowest BCUT2D eigenvalue weighted by Crippen LogP contribution is -2.41. The highest BCUT2D eigenvalue weighted by Crippen LogP contribution is 2.34. The minimum absolute atomic E-state index is 0.0211. The summed E-state index contributed by atoms with van der Waals surface area (Å²) < 4.78 is 16.1. The van der Waals surface area contributed by atoms with E-state index in [0.717, 1.165) is 0 Å². The van der Waals surface area contributed by atoms with Gasteiger partial charge in [0.05, 0.1) is 19.1 Å². The Morgan fingerprint density at radius 1 is 1.32 bits per heavy atom. The van der Waals surface area contributed by atoms with Gasteiger partial charge in [0.2, 0.25) is 17.1 Å². The van der Waals surface area contributed by atoms with Gasteiger partial charge in [-0.3, -0.25) is 9.59 Å². The van der Waals surface area contributed by atoms with Gasteiger partial charge in [0.25, 0.3) is 0 Å². The maximum absolute atomic E-state index is 12.9. The molecule has 0 unspecified atom stereocenters. The zero-order valence-electron chi connectivity index (χ0n) is 15.5. The smallest absolute Gasteiger partial charge is 0.227 e. The molecule has 150 valence electrons. The summed E-state index contributed by atoms with van der Waals surface area (Å²) in [6.07, 6.45) is 0.0211. The maximum atomic E-state index is 12.9. The molecule has 3 rings (SSSR count). The largest absolute Gasteiger partial charge is 0.502 e. The summed E-state index contributed by atoms with van der Waals surface area (Å²) in [6, 6.07) is 8.12. The van der Waals surface area contributed by atoms with Gasteiger partial charge in [0.1, 0.15) is 12.4 Å². The number of nitrogens with zero attached hydrogens (tertiary/aromatic N) is 1. The molecule has 28 heavy (non-hydrogen) atoms. The number of amides is 1. The van der Waals surface area contributed by atoms with Gasteiger partial charge in [-0.1, -0.05) is 23.7 Å². The van der Waals surface area contributed by atoms with Crippen molar-refractivity contribution in [2.45, 2.75) is 18.9 Å². The van der Waals surface area contributed by atoms with E-state index < -0.39 is 17.1 Å². The van der Waals surface area contributed by atoms with Crippen LogP contribution in [0.4, 0.5) is 0 Å². The first-order valence-electron chi connectivity index (χ1n) is 8.95. The molecule has 1 N–H and O–H groups in total. The number of halogens is 1. The molecule has 1 amide bonds. The van der Waals surface area contributed by atoms with E-state index in [0.29, 0.717) is 36.9 Å². The Balaban J connectivity index is 2.01. The third kappa shape index (κ3) is 4.73. The van der Waals surface area contributed by atoms with Crippen LogP contribution in [0.3, 0.4) is 0 Å². The molecule has 0 radical (unpaired) electrons. The third-order valence-electron chi connectivity index (χ3n) is 4.60. The number of benzene rings is 1. The first kappa shape index (κ1) is 20.4. The predicted molar refractivity (Wildman–Crippen MR) is 103 cm³/mol. The Bertz CT molecular complexity index is 891. The number of carbonyl (C=O) groups excluding carboxylic acids is 1. The molecule has 0 spiro atoms. The second kappa shape index (κ2) is 9.23. The molecule has 0 bridgehead atoms. The lowest BCUT2D eigenvalue weighted by Gasteiger charge is -2.28. The number of aromatic hydroxyl groups is 1. The minimum Gasteiger partial charge on any atom is -0.502 e. The molecule has 7 nitrogen and oxygen atoms in total. The SMILES string of the molecule is COCc1cc(=O)c(O)c([C@@H](CC(=O)N2CCOCC2)c2cccc(Cl)c2)o1. The first-order chi connectivity index (χ1) is 13.5. The Morgan fingerprint density at radius 2 is 2.07 bits per heavy atom. The van der Waals surface area contributed by atoms with E-state index in [1.54, 1.807) is 29.2 Å². The Labute approximate surface area is 167 Å². The van der Waals surface area contributed by atoms with Gasteiger partial charge in [-0.2, -0.15) is 0 Å². The van der Waals surface area contributed by atoms with E-state index in [9.17, 15) is 14.7 Å². The molecule has 2 aromatic rings. The van der Waals surface area contributed by atoms with Crippen LogP contribution < -0.4 is 5.43 Å². The quantitative estimate of drug-likeness (QED) is 0.791. The molecule has 0 aliphatic carbocycles. The summed E-state index contributed by atoms with van der Waals surface area (Å²) in [6.45, 7) is 2.04. The second-order valence-electron chi connectivity index (χ2n) is 6.53. The number of carbonyl (C=O) groups is 1. The molecule has 1 saturated heterocycles. The van der Waals surface area contributed by atoms with Gasteiger partial charge in [0, 0.05) is 37.7 Å². The van der Waals surface area contributed by atoms with Gasteiger partial charge >= 0.3 is 0 Å². The summed E-state index contributed by atoms with van der Waals surface area (Å²) in [4.78, 5) is 26.8. The van der Waals surface area contributed by atoms with Crippen molar-refractivity contribution >= 4 is 17.5 Å². The van der Waals surface area contributed by atoms with Crippen LogP contribution in [0.2, 0.25) is 5.02 Å². The number of rotatable bonds is 6. The summed E-state index contributed by atoms with van der Waals surface area (Å²) in [5.41, 5.74) is 0.0845. The molecule has 1 aliphatic rings. The van der Waals surface area contributed by atoms with E-state index in [4.69, 9.17) is 25.5 Å². The Kier molecular flexibility index (Phi) is 6.72. The third-order valence-corrected chi connectivity index (χ3v) is 4.83. The highest BCUT2D eigenvalue weighted by molar-refractivity contribution is 6.30. The highest BCUT2D eigenvalue weighted by atomic mass is 35.5. The number of ether oxygens (including phenoxy) is 2. The summed E-state index contributed by atoms with van der Waals surface area (Å²) in [5, 5.41) is 10.9. The number of hydrogen-bond acceptors (Lipinski definition) is 6. The number of methoxy groups -OCH3 is 1. The molecule has 1 aromatic carbocycles. The standard InChI is InChI=1S/C20H22ClNO6/c1-26-12-15-10-17(23)19(25)20(28-15)16(13-3-2-4-14(21)9-13)11-18(24)22-5-7-27-8-6-22/h2-4,9-10,16,25H,5-8,11-12H2,1H3/t16-/m0/s1. The molecular weight excluding hydrogens is 386 g/mol. The number of morpholine rings is 1. The predicted octanol–water partition coefficient (Wildman–Crippen LogP) is 2.53. The van der Waals surface area contributed by atoms with Crippen LogP contribution in [0.25, 0.3) is 0 Å². The van der Waals surface area contributed by atoms with Gasteiger partial charge in [-0.05, 0) is 17.7 Å². The highest BCUT2D eigenvalue weighted by Gasteiger charge is 2.29. The molecular formula is C20H22ClNO6. The molecule has 2 heterocycles. The Hall–Kier alpha value is -2.35. The van der Waals surface area contributed by atoms with Crippen LogP contribution in [0.1, 0.15) is 29.4 Å². The van der Waals surface area contributed by atoms with E-state index in [1.165, 1.54) is 13.2 Å². The van der Waals surface area contributed by atoms with Gasteiger partial charge in [-0.15, -0.1) is 0 Å². The van der Waals surface area contributed by atoms with Crippen molar-refractivity contribution in [3.05, 3.63) is 62.7 Å². The van der Waals surface area contributed by atoms with E-state index in [1.807, 2.05) is 0 Å². The molecule has 1 aliphatic heterocycles. The fourth-order valence-corrected chi connectivity index (χ4v) is 3.41. The first-order valence-corrected chi connectivity index (χ1v) is 9.33. The van der Waals surface area contributed by atoms with E-state index in [2.05, 4.69) is 0 Å². The summed E-state index contributed by atoms with van der Waals surface area (Å²) in [7, 11) is 1.48. The molecule has 1 fully saturated rings. The summed E-state index contributed by atoms with van der Waals surface area (Å²) >= 11 is 6.13. The van der Waals surface area contributed by atoms with Crippen LogP contribution in [0.5, 0.6) is 5.75 Å². The van der Waals surface area contributed by atoms with Crippen molar-refractivity contribution in [2.75, 3.05) is 33.4 Å². The molecule has 1 aromatic heterocycles. The van der Waals surface area contributed by atoms with Crippen LogP contribution in [-0.4, -0.2) is 49.3 Å². The van der Waals surface area contributed by atoms with Crippen molar-refractivity contribution in [1.82, 2.24) is 4.90 Å².